The molecule has 0 atom stereocenters. The zero-order chi connectivity index (χ0) is 8.84. The van der Waals surface area contributed by atoms with Crippen molar-refractivity contribution in [3.8, 4) is 0 Å². The molecule has 1 saturated carbocycles. The number of nitrogen functional groups attached to an aromatic ring is 1. The molecule has 1 aliphatic rings. The molecule has 0 aromatic carbocycles. The number of rotatable bonds is 1. The monoisotopic (exact) mass is 174 g/mol. The van der Waals surface area contributed by atoms with Gasteiger partial charge in [-0.3, -0.25) is 0 Å². The molecule has 2 aromatic heterocycles. The van der Waals surface area contributed by atoms with Crippen molar-refractivity contribution in [2.24, 2.45) is 0 Å². The van der Waals surface area contributed by atoms with Gasteiger partial charge in [0.15, 0.2) is 5.65 Å². The Morgan fingerprint density at radius 1 is 1.46 bits per heavy atom. The number of aromatic nitrogens is 3. The third kappa shape index (κ3) is 0.983. The highest BCUT2D eigenvalue weighted by molar-refractivity contribution is 5.53. The number of nitrogens with zero attached hydrogens (tertiary/aromatic N) is 3. The van der Waals surface area contributed by atoms with Crippen LogP contribution in [0.4, 0.5) is 5.82 Å². The molecule has 66 valence electrons. The van der Waals surface area contributed by atoms with Gasteiger partial charge in [0.1, 0.15) is 5.82 Å². The van der Waals surface area contributed by atoms with E-state index in [1.165, 1.54) is 18.4 Å². The van der Waals surface area contributed by atoms with Crippen LogP contribution < -0.4 is 5.73 Å². The van der Waals surface area contributed by atoms with Gasteiger partial charge in [0.25, 0.3) is 0 Å². The van der Waals surface area contributed by atoms with Gasteiger partial charge in [0.2, 0.25) is 0 Å². The van der Waals surface area contributed by atoms with Crippen LogP contribution >= 0.6 is 0 Å². The summed E-state index contributed by atoms with van der Waals surface area (Å²) in [4.78, 5) is 4.28. The van der Waals surface area contributed by atoms with E-state index in [4.69, 9.17) is 5.73 Å². The van der Waals surface area contributed by atoms with Crippen molar-refractivity contribution >= 4 is 11.5 Å². The summed E-state index contributed by atoms with van der Waals surface area (Å²) in [5.41, 5.74) is 7.78. The zero-order valence-corrected chi connectivity index (χ0v) is 7.14. The van der Waals surface area contributed by atoms with Crippen LogP contribution in [0.1, 0.15) is 24.3 Å². The maximum atomic E-state index is 5.62. The first-order valence-electron chi connectivity index (χ1n) is 4.44. The van der Waals surface area contributed by atoms with E-state index in [0.29, 0.717) is 11.7 Å². The highest BCUT2D eigenvalue weighted by atomic mass is 15.2. The topological polar surface area (TPSA) is 56.2 Å². The number of nitrogens with two attached hydrogens (primary N) is 1. The van der Waals surface area contributed by atoms with Crippen LogP contribution in [0.15, 0.2) is 18.5 Å². The standard InChI is InChI=1S/C9H10N4/c10-8-3-4-13-9(12-8)7(5-11-13)6-1-2-6/h3-6H,1-2H2,(H2,10,12). The summed E-state index contributed by atoms with van der Waals surface area (Å²) in [6.07, 6.45) is 6.28. The molecule has 3 rings (SSSR count). The van der Waals surface area contributed by atoms with Crippen LogP contribution in [0.2, 0.25) is 0 Å². The van der Waals surface area contributed by atoms with Gasteiger partial charge in [0.05, 0.1) is 6.20 Å². The molecule has 2 N–H and O–H groups in total. The summed E-state index contributed by atoms with van der Waals surface area (Å²) in [6.45, 7) is 0. The Morgan fingerprint density at radius 2 is 2.31 bits per heavy atom. The predicted octanol–water partition coefficient (Wildman–Crippen LogP) is 1.19. The largest absolute Gasteiger partial charge is 0.384 e. The average Bonchev–Trinajstić information content (AvgIpc) is 2.87. The molecule has 1 aliphatic carbocycles. The molecule has 4 nitrogen and oxygen atoms in total. The maximum Gasteiger partial charge on any atom is 0.160 e. The lowest BCUT2D eigenvalue weighted by molar-refractivity contribution is 0.941. The van der Waals surface area contributed by atoms with E-state index in [-0.39, 0.29) is 0 Å². The van der Waals surface area contributed by atoms with Crippen LogP contribution in [-0.2, 0) is 0 Å². The number of hydrogen-bond acceptors (Lipinski definition) is 3. The van der Waals surface area contributed by atoms with Crippen LogP contribution in [0.25, 0.3) is 5.65 Å². The molecule has 0 radical (unpaired) electrons. The zero-order valence-electron chi connectivity index (χ0n) is 7.14. The Morgan fingerprint density at radius 3 is 3.08 bits per heavy atom. The molecule has 0 bridgehead atoms. The predicted molar refractivity (Wildman–Crippen MR) is 49.4 cm³/mol. The second-order valence-corrected chi connectivity index (χ2v) is 3.49. The van der Waals surface area contributed by atoms with Crippen molar-refractivity contribution in [2.75, 3.05) is 5.73 Å². The molecule has 0 saturated heterocycles. The minimum atomic E-state index is 0.565. The summed E-state index contributed by atoms with van der Waals surface area (Å²) in [5, 5.41) is 4.22. The van der Waals surface area contributed by atoms with Crippen LogP contribution in [0.3, 0.4) is 0 Å². The first-order valence-corrected chi connectivity index (χ1v) is 4.44. The van der Waals surface area contributed by atoms with Gasteiger partial charge in [-0.1, -0.05) is 0 Å². The highest BCUT2D eigenvalue weighted by Gasteiger charge is 2.27. The molecule has 2 aromatic rings. The molecule has 0 aliphatic heterocycles. The summed E-state index contributed by atoms with van der Waals surface area (Å²) >= 11 is 0. The molecular formula is C9H10N4. The summed E-state index contributed by atoms with van der Waals surface area (Å²) in [6, 6.07) is 1.76. The number of hydrogen-bond donors (Lipinski definition) is 1. The minimum Gasteiger partial charge on any atom is -0.384 e. The van der Waals surface area contributed by atoms with Gasteiger partial charge in [-0.15, -0.1) is 0 Å². The highest BCUT2D eigenvalue weighted by Crippen LogP contribution is 2.41. The fourth-order valence-corrected chi connectivity index (χ4v) is 1.58. The van der Waals surface area contributed by atoms with Gasteiger partial charge >= 0.3 is 0 Å². The molecule has 1 fully saturated rings. The Hall–Kier alpha value is -1.58. The second-order valence-electron chi connectivity index (χ2n) is 3.49. The lowest BCUT2D eigenvalue weighted by atomic mass is 10.2. The van der Waals surface area contributed by atoms with Crippen molar-refractivity contribution in [3.05, 3.63) is 24.0 Å². The van der Waals surface area contributed by atoms with E-state index in [2.05, 4.69) is 10.1 Å². The number of fused-ring (bicyclic) bond motifs is 1. The van der Waals surface area contributed by atoms with Gasteiger partial charge in [-0.05, 0) is 24.8 Å². The van der Waals surface area contributed by atoms with Crippen molar-refractivity contribution < 1.29 is 0 Å². The SMILES string of the molecule is Nc1ccn2ncc(C3CC3)c2n1. The molecule has 2 heterocycles. The summed E-state index contributed by atoms with van der Waals surface area (Å²) in [7, 11) is 0. The van der Waals surface area contributed by atoms with E-state index in [1.54, 1.807) is 10.6 Å². The number of anilines is 1. The second kappa shape index (κ2) is 2.22. The average molecular weight is 174 g/mol. The quantitative estimate of drug-likeness (QED) is 0.706. The normalized spacial score (nSPS) is 16.6. The van der Waals surface area contributed by atoms with Gasteiger partial charge in [-0.2, -0.15) is 5.10 Å². The van der Waals surface area contributed by atoms with E-state index in [0.717, 1.165) is 5.65 Å². The lowest BCUT2D eigenvalue weighted by Crippen LogP contribution is -1.95. The van der Waals surface area contributed by atoms with Gasteiger partial charge < -0.3 is 5.73 Å². The Labute approximate surface area is 75.4 Å². The third-order valence-corrected chi connectivity index (χ3v) is 2.44. The van der Waals surface area contributed by atoms with Crippen molar-refractivity contribution in [3.63, 3.8) is 0 Å². The first-order chi connectivity index (χ1) is 6.34. The maximum absolute atomic E-state index is 5.62. The van der Waals surface area contributed by atoms with Gasteiger partial charge in [0, 0.05) is 11.8 Å². The molecule has 0 amide bonds. The van der Waals surface area contributed by atoms with E-state index in [9.17, 15) is 0 Å². The molecule has 0 spiro atoms. The fourth-order valence-electron chi connectivity index (χ4n) is 1.58. The van der Waals surface area contributed by atoms with Crippen LogP contribution in [0.5, 0.6) is 0 Å². The molecule has 4 heteroatoms. The Kier molecular flexibility index (Phi) is 1.17. The summed E-state index contributed by atoms with van der Waals surface area (Å²) in [5.74, 6) is 1.24. The lowest BCUT2D eigenvalue weighted by Gasteiger charge is -1.96. The smallest absolute Gasteiger partial charge is 0.160 e. The van der Waals surface area contributed by atoms with E-state index >= 15 is 0 Å². The van der Waals surface area contributed by atoms with Crippen molar-refractivity contribution in [1.82, 2.24) is 14.6 Å². The fraction of sp³-hybridized carbons (Fsp3) is 0.333. The molecular weight excluding hydrogens is 164 g/mol. The van der Waals surface area contributed by atoms with Crippen molar-refractivity contribution in [2.45, 2.75) is 18.8 Å². The van der Waals surface area contributed by atoms with Crippen LogP contribution in [0, 0.1) is 0 Å². The first kappa shape index (κ1) is 6.88. The molecule has 13 heavy (non-hydrogen) atoms. The third-order valence-electron chi connectivity index (χ3n) is 2.44. The van der Waals surface area contributed by atoms with Gasteiger partial charge in [-0.25, -0.2) is 9.50 Å². The van der Waals surface area contributed by atoms with E-state index in [1.807, 2.05) is 12.4 Å². The molecule has 0 unspecified atom stereocenters. The van der Waals surface area contributed by atoms with Crippen LogP contribution in [-0.4, -0.2) is 14.6 Å². The van der Waals surface area contributed by atoms with E-state index < -0.39 is 0 Å². The Bertz CT molecular complexity index is 456. The van der Waals surface area contributed by atoms with Crippen molar-refractivity contribution in [1.29, 1.82) is 0 Å². The Balaban J connectivity index is 2.29. The summed E-state index contributed by atoms with van der Waals surface area (Å²) < 4.78 is 1.78. The minimum absolute atomic E-state index is 0.565.